The van der Waals surface area contributed by atoms with Gasteiger partial charge in [-0.25, -0.2) is 0 Å². The Labute approximate surface area is 126 Å². The smallest absolute Gasteiger partial charge is 0.387 e. The first-order valence-corrected chi connectivity index (χ1v) is 7.16. The molecule has 1 aromatic rings. The number of carbonyl (C=O) groups is 1. The molecule has 3 nitrogen and oxygen atoms in total. The zero-order valence-corrected chi connectivity index (χ0v) is 11.9. The molecular weight excluding hydrogens is 295 g/mol. The maximum Gasteiger partial charge on any atom is 0.416 e. The van der Waals surface area contributed by atoms with E-state index in [0.29, 0.717) is 6.42 Å². The molecule has 0 aliphatic heterocycles. The van der Waals surface area contributed by atoms with Crippen LogP contribution in [0.2, 0.25) is 0 Å². The molecule has 2 N–H and O–H groups in total. The van der Waals surface area contributed by atoms with Crippen molar-refractivity contribution < 1.29 is 23.1 Å². The molecule has 1 aliphatic rings. The lowest BCUT2D eigenvalue weighted by atomic mass is 9.93. The van der Waals surface area contributed by atoms with Gasteiger partial charge in [-0.1, -0.05) is 30.4 Å². The first kappa shape index (κ1) is 16.5. The fourth-order valence-electron chi connectivity index (χ4n) is 2.53. The lowest BCUT2D eigenvalue weighted by Gasteiger charge is -2.20. The molecule has 0 fully saturated rings. The highest BCUT2D eigenvalue weighted by Crippen LogP contribution is 2.34. The van der Waals surface area contributed by atoms with Crippen LogP contribution in [0, 0.1) is 5.92 Å². The molecule has 0 bridgehead atoms. The number of allylic oxidation sites excluding steroid dienone is 2. The highest BCUT2D eigenvalue weighted by molar-refractivity contribution is 5.79. The molecule has 1 amide bonds. The number of aliphatic hydroxyl groups is 1. The quantitative estimate of drug-likeness (QED) is 0.839. The third-order valence-electron chi connectivity index (χ3n) is 3.73. The number of rotatable bonds is 4. The predicted molar refractivity (Wildman–Crippen MR) is 75.9 cm³/mol. The lowest BCUT2D eigenvalue weighted by Crippen LogP contribution is -2.34. The minimum atomic E-state index is -4.53. The van der Waals surface area contributed by atoms with Crippen molar-refractivity contribution in [2.75, 3.05) is 6.54 Å². The second-order valence-corrected chi connectivity index (χ2v) is 5.33. The van der Waals surface area contributed by atoms with Gasteiger partial charge in [0, 0.05) is 12.5 Å². The Hall–Kier alpha value is -1.82. The van der Waals surface area contributed by atoms with Gasteiger partial charge in [0.15, 0.2) is 0 Å². The zero-order chi connectivity index (χ0) is 16.2. The topological polar surface area (TPSA) is 49.3 Å². The summed E-state index contributed by atoms with van der Waals surface area (Å²) in [7, 11) is 0. The number of benzene rings is 1. The molecule has 0 radical (unpaired) electrons. The summed E-state index contributed by atoms with van der Waals surface area (Å²) < 4.78 is 38.7. The SMILES string of the molecule is O=C(NC[C@@H](O)c1ccccc1C(F)(F)F)[C@@H]1CC=CCC1. The molecule has 0 saturated carbocycles. The van der Waals surface area contributed by atoms with Gasteiger partial charge in [-0.3, -0.25) is 4.79 Å². The minimum Gasteiger partial charge on any atom is -0.387 e. The lowest BCUT2D eigenvalue weighted by molar-refractivity contribution is -0.139. The number of nitrogens with one attached hydrogen (secondary N) is 1. The van der Waals surface area contributed by atoms with Gasteiger partial charge in [-0.05, 0) is 30.9 Å². The van der Waals surface area contributed by atoms with E-state index >= 15 is 0 Å². The molecule has 0 unspecified atom stereocenters. The molecule has 6 heteroatoms. The molecule has 1 aromatic carbocycles. The normalized spacial score (nSPS) is 19.7. The van der Waals surface area contributed by atoms with Crippen LogP contribution in [0.3, 0.4) is 0 Å². The summed E-state index contributed by atoms with van der Waals surface area (Å²) >= 11 is 0. The zero-order valence-electron chi connectivity index (χ0n) is 11.9. The van der Waals surface area contributed by atoms with E-state index < -0.39 is 17.8 Å². The van der Waals surface area contributed by atoms with Gasteiger partial charge in [0.25, 0.3) is 0 Å². The van der Waals surface area contributed by atoms with Gasteiger partial charge >= 0.3 is 6.18 Å². The Balaban J connectivity index is 1.99. The fraction of sp³-hybridized carbons (Fsp3) is 0.438. The van der Waals surface area contributed by atoms with Crippen LogP contribution in [0.25, 0.3) is 0 Å². The van der Waals surface area contributed by atoms with Gasteiger partial charge in [0.05, 0.1) is 11.7 Å². The molecule has 120 valence electrons. The van der Waals surface area contributed by atoms with E-state index in [1.165, 1.54) is 18.2 Å². The maximum atomic E-state index is 12.9. The third kappa shape index (κ3) is 4.10. The number of amides is 1. The van der Waals surface area contributed by atoms with Crippen molar-refractivity contribution in [2.24, 2.45) is 5.92 Å². The Bertz CT molecular complexity index is 555. The largest absolute Gasteiger partial charge is 0.416 e. The van der Waals surface area contributed by atoms with Crippen molar-refractivity contribution in [3.63, 3.8) is 0 Å². The number of carbonyl (C=O) groups excluding carboxylic acids is 1. The summed E-state index contributed by atoms with van der Waals surface area (Å²) in [6.07, 6.45) is 0.161. The molecule has 0 heterocycles. The summed E-state index contributed by atoms with van der Waals surface area (Å²) in [6.45, 7) is -0.230. The first-order chi connectivity index (χ1) is 10.4. The number of halogens is 3. The van der Waals surface area contributed by atoms with Crippen LogP contribution in [0.5, 0.6) is 0 Å². The van der Waals surface area contributed by atoms with Crippen molar-refractivity contribution in [1.82, 2.24) is 5.32 Å². The highest BCUT2D eigenvalue weighted by Gasteiger charge is 2.34. The Morgan fingerprint density at radius 2 is 2.05 bits per heavy atom. The molecule has 0 saturated heterocycles. The predicted octanol–water partition coefficient (Wildman–Crippen LogP) is 3.21. The van der Waals surface area contributed by atoms with Gasteiger partial charge in [0.1, 0.15) is 0 Å². The standard InChI is InChI=1S/C16H18F3NO2/c17-16(18,19)13-9-5-4-8-12(13)14(21)10-20-15(22)11-6-2-1-3-7-11/h1-2,4-5,8-9,11,14,21H,3,6-7,10H2,(H,20,22)/t11-,14-/m1/s1. The molecule has 1 aliphatic carbocycles. The fourth-order valence-corrected chi connectivity index (χ4v) is 2.53. The average Bonchev–Trinajstić information content (AvgIpc) is 2.52. The van der Waals surface area contributed by atoms with Gasteiger partial charge < -0.3 is 10.4 Å². The monoisotopic (exact) mass is 313 g/mol. The van der Waals surface area contributed by atoms with Crippen molar-refractivity contribution >= 4 is 5.91 Å². The number of hydrogen-bond donors (Lipinski definition) is 2. The van der Waals surface area contributed by atoms with Crippen molar-refractivity contribution in [3.8, 4) is 0 Å². The van der Waals surface area contributed by atoms with Crippen LogP contribution in [0.4, 0.5) is 13.2 Å². The molecule has 22 heavy (non-hydrogen) atoms. The minimum absolute atomic E-state index is 0.171. The Morgan fingerprint density at radius 1 is 1.32 bits per heavy atom. The molecule has 0 spiro atoms. The van der Waals surface area contributed by atoms with E-state index in [0.717, 1.165) is 18.9 Å². The van der Waals surface area contributed by atoms with Crippen LogP contribution < -0.4 is 5.32 Å². The van der Waals surface area contributed by atoms with E-state index in [-0.39, 0.29) is 23.9 Å². The van der Waals surface area contributed by atoms with Crippen LogP contribution in [-0.4, -0.2) is 17.6 Å². The highest BCUT2D eigenvalue weighted by atomic mass is 19.4. The van der Waals surface area contributed by atoms with Crippen LogP contribution >= 0.6 is 0 Å². The molecule has 2 atom stereocenters. The summed E-state index contributed by atoms with van der Waals surface area (Å²) in [5.74, 6) is -0.400. The Morgan fingerprint density at radius 3 is 2.68 bits per heavy atom. The summed E-state index contributed by atoms with van der Waals surface area (Å²) in [5, 5.41) is 12.5. The second kappa shape index (κ2) is 6.96. The van der Waals surface area contributed by atoms with Crippen LogP contribution in [0.15, 0.2) is 36.4 Å². The maximum absolute atomic E-state index is 12.9. The Kier molecular flexibility index (Phi) is 5.24. The number of aliphatic hydroxyl groups excluding tert-OH is 1. The molecular formula is C16H18F3NO2. The molecule has 2 rings (SSSR count). The number of alkyl halides is 3. The number of hydrogen-bond acceptors (Lipinski definition) is 2. The average molecular weight is 313 g/mol. The summed E-state index contributed by atoms with van der Waals surface area (Å²) in [4.78, 5) is 11.9. The van der Waals surface area contributed by atoms with Crippen molar-refractivity contribution in [3.05, 3.63) is 47.5 Å². The third-order valence-corrected chi connectivity index (χ3v) is 3.73. The van der Waals surface area contributed by atoms with Gasteiger partial charge in [0.2, 0.25) is 5.91 Å². The van der Waals surface area contributed by atoms with Crippen LogP contribution in [-0.2, 0) is 11.0 Å². The first-order valence-electron chi connectivity index (χ1n) is 7.16. The van der Waals surface area contributed by atoms with Crippen LogP contribution in [0.1, 0.15) is 36.5 Å². The van der Waals surface area contributed by atoms with E-state index in [4.69, 9.17) is 0 Å². The van der Waals surface area contributed by atoms with E-state index in [1.54, 1.807) is 0 Å². The van der Waals surface area contributed by atoms with E-state index in [9.17, 15) is 23.1 Å². The summed E-state index contributed by atoms with van der Waals surface area (Å²) in [6, 6.07) is 4.85. The second-order valence-electron chi connectivity index (χ2n) is 5.33. The molecule has 0 aromatic heterocycles. The van der Waals surface area contributed by atoms with Crippen molar-refractivity contribution in [2.45, 2.75) is 31.5 Å². The summed E-state index contributed by atoms with van der Waals surface area (Å²) in [5.41, 5.74) is -1.10. The van der Waals surface area contributed by atoms with Crippen molar-refractivity contribution in [1.29, 1.82) is 0 Å². The van der Waals surface area contributed by atoms with E-state index in [2.05, 4.69) is 5.32 Å². The van der Waals surface area contributed by atoms with Gasteiger partial charge in [-0.2, -0.15) is 13.2 Å². The van der Waals surface area contributed by atoms with E-state index in [1.807, 2.05) is 12.2 Å². The van der Waals surface area contributed by atoms with Gasteiger partial charge in [-0.15, -0.1) is 0 Å².